The van der Waals surface area contributed by atoms with Crippen LogP contribution in [-0.2, 0) is 9.84 Å². The SMILES string of the molecule is CCNc1nc(C(C)S(C)(=O)=O)no1. The molecule has 14 heavy (non-hydrogen) atoms. The summed E-state index contributed by atoms with van der Waals surface area (Å²) in [7, 11) is -3.17. The summed E-state index contributed by atoms with van der Waals surface area (Å²) in [5.41, 5.74) is 0. The van der Waals surface area contributed by atoms with Gasteiger partial charge in [-0.3, -0.25) is 0 Å². The highest BCUT2D eigenvalue weighted by Gasteiger charge is 2.22. The van der Waals surface area contributed by atoms with Crippen LogP contribution in [0.1, 0.15) is 24.9 Å². The Morgan fingerprint density at radius 3 is 2.71 bits per heavy atom. The third-order valence-corrected chi connectivity index (χ3v) is 3.27. The van der Waals surface area contributed by atoms with Crippen molar-refractivity contribution in [2.45, 2.75) is 19.1 Å². The number of aromatic nitrogens is 2. The van der Waals surface area contributed by atoms with E-state index in [2.05, 4.69) is 15.5 Å². The van der Waals surface area contributed by atoms with Crippen molar-refractivity contribution in [1.82, 2.24) is 10.1 Å². The molecule has 0 spiro atoms. The van der Waals surface area contributed by atoms with Crippen LogP contribution in [0.2, 0.25) is 0 Å². The standard InChI is InChI=1S/C7H13N3O3S/c1-4-8-7-9-6(10-13-7)5(2)14(3,11)12/h5H,4H2,1-3H3,(H,8,9,10). The fraction of sp³-hybridized carbons (Fsp3) is 0.714. The zero-order valence-corrected chi connectivity index (χ0v) is 9.13. The Kier molecular flexibility index (Phi) is 3.10. The molecule has 1 N–H and O–H groups in total. The van der Waals surface area contributed by atoms with Crippen molar-refractivity contribution in [2.75, 3.05) is 18.1 Å². The molecule has 0 saturated carbocycles. The molecule has 0 amide bonds. The second kappa shape index (κ2) is 3.95. The van der Waals surface area contributed by atoms with Crippen LogP contribution in [0.5, 0.6) is 0 Å². The molecule has 0 aromatic carbocycles. The minimum atomic E-state index is -3.17. The van der Waals surface area contributed by atoms with Gasteiger partial charge < -0.3 is 9.84 Å². The Morgan fingerprint density at radius 1 is 1.57 bits per heavy atom. The maximum Gasteiger partial charge on any atom is 0.321 e. The monoisotopic (exact) mass is 219 g/mol. The average Bonchev–Trinajstić information content (AvgIpc) is 2.50. The molecule has 1 atom stereocenters. The second-order valence-corrected chi connectivity index (χ2v) is 5.33. The van der Waals surface area contributed by atoms with Crippen LogP contribution < -0.4 is 5.32 Å². The van der Waals surface area contributed by atoms with Crippen molar-refractivity contribution in [2.24, 2.45) is 0 Å². The molecule has 1 aromatic heterocycles. The summed E-state index contributed by atoms with van der Waals surface area (Å²) in [6.07, 6.45) is 1.14. The highest BCUT2D eigenvalue weighted by Crippen LogP contribution is 2.18. The summed E-state index contributed by atoms with van der Waals surface area (Å²) < 4.78 is 27.1. The Morgan fingerprint density at radius 2 is 2.21 bits per heavy atom. The van der Waals surface area contributed by atoms with E-state index in [9.17, 15) is 8.42 Å². The molecule has 0 bridgehead atoms. The van der Waals surface area contributed by atoms with E-state index in [0.717, 1.165) is 6.26 Å². The minimum absolute atomic E-state index is 0.184. The number of nitrogens with zero attached hydrogens (tertiary/aromatic N) is 2. The summed E-state index contributed by atoms with van der Waals surface area (Å²) >= 11 is 0. The fourth-order valence-electron chi connectivity index (χ4n) is 0.814. The van der Waals surface area contributed by atoms with Gasteiger partial charge in [-0.1, -0.05) is 5.16 Å². The van der Waals surface area contributed by atoms with Crippen molar-refractivity contribution in [3.63, 3.8) is 0 Å². The first-order chi connectivity index (χ1) is 6.45. The lowest BCUT2D eigenvalue weighted by Crippen LogP contribution is -2.09. The number of anilines is 1. The van der Waals surface area contributed by atoms with Crippen molar-refractivity contribution < 1.29 is 12.9 Å². The number of rotatable bonds is 4. The molecule has 0 aliphatic heterocycles. The molecule has 0 aliphatic carbocycles. The van der Waals surface area contributed by atoms with Gasteiger partial charge in [-0.15, -0.1) is 0 Å². The second-order valence-electron chi connectivity index (χ2n) is 2.96. The van der Waals surface area contributed by atoms with E-state index in [4.69, 9.17) is 4.52 Å². The predicted molar refractivity (Wildman–Crippen MR) is 51.7 cm³/mol. The first-order valence-corrected chi connectivity index (χ1v) is 6.17. The van der Waals surface area contributed by atoms with Gasteiger partial charge in [-0.25, -0.2) is 8.42 Å². The van der Waals surface area contributed by atoms with Gasteiger partial charge in [0.25, 0.3) is 0 Å². The Hall–Kier alpha value is -1.11. The predicted octanol–water partition coefficient (Wildman–Crippen LogP) is 0.607. The van der Waals surface area contributed by atoms with E-state index in [-0.39, 0.29) is 11.8 Å². The molecule has 6 nitrogen and oxygen atoms in total. The topological polar surface area (TPSA) is 85.1 Å². The first-order valence-electron chi connectivity index (χ1n) is 4.21. The Labute approximate surface area is 82.6 Å². The molecule has 0 aliphatic rings. The third-order valence-electron chi connectivity index (χ3n) is 1.78. The number of hydrogen-bond acceptors (Lipinski definition) is 6. The highest BCUT2D eigenvalue weighted by atomic mass is 32.2. The van der Waals surface area contributed by atoms with Gasteiger partial charge in [0.1, 0.15) is 5.25 Å². The van der Waals surface area contributed by atoms with Crippen molar-refractivity contribution in [3.8, 4) is 0 Å². The largest absolute Gasteiger partial charge is 0.338 e. The molecule has 1 rings (SSSR count). The molecule has 80 valence electrons. The molecule has 1 aromatic rings. The van der Waals surface area contributed by atoms with E-state index in [1.807, 2.05) is 6.92 Å². The lowest BCUT2D eigenvalue weighted by molar-refractivity contribution is 0.422. The van der Waals surface area contributed by atoms with Crippen LogP contribution in [-0.4, -0.2) is 31.4 Å². The molecule has 0 saturated heterocycles. The fourth-order valence-corrected chi connectivity index (χ4v) is 1.29. The molecule has 1 unspecified atom stereocenters. The van der Waals surface area contributed by atoms with E-state index < -0.39 is 15.1 Å². The van der Waals surface area contributed by atoms with Crippen molar-refractivity contribution >= 4 is 15.9 Å². The van der Waals surface area contributed by atoms with Crippen LogP contribution in [0.3, 0.4) is 0 Å². The molecule has 0 fully saturated rings. The molecule has 7 heteroatoms. The van der Waals surface area contributed by atoms with Gasteiger partial charge >= 0.3 is 6.01 Å². The maximum absolute atomic E-state index is 11.2. The maximum atomic E-state index is 11.2. The summed E-state index contributed by atoms with van der Waals surface area (Å²) in [5, 5.41) is 5.64. The normalized spacial score (nSPS) is 13.9. The van der Waals surface area contributed by atoms with E-state index in [1.54, 1.807) is 0 Å². The number of sulfone groups is 1. The summed E-state index contributed by atoms with van der Waals surface area (Å²) in [6, 6.07) is 0.248. The van der Waals surface area contributed by atoms with Crippen molar-refractivity contribution in [3.05, 3.63) is 5.82 Å². The van der Waals surface area contributed by atoms with Crippen LogP contribution in [0, 0.1) is 0 Å². The van der Waals surface area contributed by atoms with E-state index in [0.29, 0.717) is 6.54 Å². The van der Waals surface area contributed by atoms with Crippen LogP contribution in [0.15, 0.2) is 4.52 Å². The average molecular weight is 219 g/mol. The smallest absolute Gasteiger partial charge is 0.321 e. The Bertz CT molecular complexity index is 398. The van der Waals surface area contributed by atoms with Gasteiger partial charge in [-0.05, 0) is 13.8 Å². The Balaban J connectivity index is 2.87. The summed E-state index contributed by atoms with van der Waals surface area (Å²) in [5.74, 6) is 0.184. The number of nitrogens with one attached hydrogen (secondary N) is 1. The summed E-state index contributed by atoms with van der Waals surface area (Å²) in [4.78, 5) is 3.90. The zero-order chi connectivity index (χ0) is 10.8. The van der Waals surface area contributed by atoms with E-state index in [1.165, 1.54) is 6.92 Å². The number of hydrogen-bond donors (Lipinski definition) is 1. The van der Waals surface area contributed by atoms with Gasteiger partial charge in [-0.2, -0.15) is 4.98 Å². The lowest BCUT2D eigenvalue weighted by Gasteiger charge is -2.01. The molecular weight excluding hydrogens is 206 g/mol. The van der Waals surface area contributed by atoms with E-state index >= 15 is 0 Å². The third kappa shape index (κ3) is 2.44. The first kappa shape index (κ1) is 11.0. The zero-order valence-electron chi connectivity index (χ0n) is 8.31. The minimum Gasteiger partial charge on any atom is -0.338 e. The quantitative estimate of drug-likeness (QED) is 0.798. The van der Waals surface area contributed by atoms with Gasteiger partial charge in [0.15, 0.2) is 15.7 Å². The van der Waals surface area contributed by atoms with Crippen LogP contribution in [0.25, 0.3) is 0 Å². The molecule has 0 radical (unpaired) electrons. The highest BCUT2D eigenvalue weighted by molar-refractivity contribution is 7.90. The van der Waals surface area contributed by atoms with Crippen LogP contribution in [0.4, 0.5) is 6.01 Å². The van der Waals surface area contributed by atoms with Gasteiger partial charge in [0, 0.05) is 12.8 Å². The lowest BCUT2D eigenvalue weighted by atomic mass is 10.5. The molecule has 1 heterocycles. The van der Waals surface area contributed by atoms with Gasteiger partial charge in [0.2, 0.25) is 0 Å². The molecular formula is C7H13N3O3S. The van der Waals surface area contributed by atoms with Gasteiger partial charge in [0.05, 0.1) is 0 Å². The van der Waals surface area contributed by atoms with Crippen LogP contribution >= 0.6 is 0 Å². The van der Waals surface area contributed by atoms with Crippen molar-refractivity contribution in [1.29, 1.82) is 0 Å². The summed E-state index contributed by atoms with van der Waals surface area (Å²) in [6.45, 7) is 4.05.